The van der Waals surface area contributed by atoms with Crippen LogP contribution in [-0.4, -0.2) is 19.3 Å². The Morgan fingerprint density at radius 3 is 2.56 bits per heavy atom. The maximum atomic E-state index is 10.4. The normalized spacial score (nSPS) is 12.2. The number of benzene rings is 1. The van der Waals surface area contributed by atoms with E-state index in [0.29, 0.717) is 22.1 Å². The summed E-state index contributed by atoms with van der Waals surface area (Å²) >= 11 is 7.27. The second-order valence-corrected chi connectivity index (χ2v) is 5.06. The van der Waals surface area contributed by atoms with Gasteiger partial charge in [0.25, 0.3) is 0 Å². The van der Waals surface area contributed by atoms with Gasteiger partial charge in [0.05, 0.1) is 19.2 Å². The molecule has 3 nitrogen and oxygen atoms in total. The van der Waals surface area contributed by atoms with Crippen LogP contribution in [0, 0.1) is 0 Å². The molecule has 0 fully saturated rings. The van der Waals surface area contributed by atoms with Crippen LogP contribution >= 0.6 is 22.9 Å². The second-order valence-electron chi connectivity index (χ2n) is 3.68. The Morgan fingerprint density at radius 2 is 2.00 bits per heavy atom. The van der Waals surface area contributed by atoms with Crippen molar-refractivity contribution < 1.29 is 14.6 Å². The topological polar surface area (TPSA) is 38.7 Å². The van der Waals surface area contributed by atoms with Crippen molar-refractivity contribution in [1.82, 2.24) is 0 Å². The van der Waals surface area contributed by atoms with Gasteiger partial charge in [-0.2, -0.15) is 0 Å². The van der Waals surface area contributed by atoms with Gasteiger partial charge < -0.3 is 14.6 Å². The summed E-state index contributed by atoms with van der Waals surface area (Å²) in [5.41, 5.74) is 0.662. The number of halogens is 1. The molecule has 1 heterocycles. The monoisotopic (exact) mass is 284 g/mol. The van der Waals surface area contributed by atoms with Crippen molar-refractivity contribution in [2.75, 3.05) is 14.2 Å². The largest absolute Gasteiger partial charge is 0.497 e. The number of aliphatic hydroxyl groups excluding tert-OH is 1. The minimum atomic E-state index is -0.771. The van der Waals surface area contributed by atoms with Crippen LogP contribution < -0.4 is 9.47 Å². The maximum Gasteiger partial charge on any atom is 0.125 e. The van der Waals surface area contributed by atoms with Crippen LogP contribution in [0.25, 0.3) is 0 Å². The molecule has 5 heteroatoms. The van der Waals surface area contributed by atoms with E-state index in [4.69, 9.17) is 21.1 Å². The third kappa shape index (κ3) is 2.61. The van der Waals surface area contributed by atoms with Crippen molar-refractivity contribution in [2.24, 2.45) is 0 Å². The molecule has 18 heavy (non-hydrogen) atoms. The second kappa shape index (κ2) is 5.61. The zero-order valence-electron chi connectivity index (χ0n) is 10.0. The third-order valence-corrected chi connectivity index (χ3v) is 3.92. The highest BCUT2D eigenvalue weighted by atomic mass is 35.5. The number of aliphatic hydroxyl groups is 1. The van der Waals surface area contributed by atoms with E-state index in [0.717, 1.165) is 4.88 Å². The van der Waals surface area contributed by atoms with Gasteiger partial charge in [0, 0.05) is 15.8 Å². The molecule has 0 aliphatic carbocycles. The minimum absolute atomic E-state index is 0.618. The molecule has 1 atom stereocenters. The molecule has 0 amide bonds. The highest BCUT2D eigenvalue weighted by molar-refractivity contribution is 7.10. The van der Waals surface area contributed by atoms with Gasteiger partial charge in [0.1, 0.15) is 17.6 Å². The van der Waals surface area contributed by atoms with Gasteiger partial charge in [-0.05, 0) is 24.3 Å². The molecule has 0 saturated carbocycles. The van der Waals surface area contributed by atoms with Crippen molar-refractivity contribution in [1.29, 1.82) is 0 Å². The van der Waals surface area contributed by atoms with E-state index in [2.05, 4.69) is 0 Å². The Labute approximate surface area is 115 Å². The van der Waals surface area contributed by atoms with Crippen LogP contribution in [0.1, 0.15) is 16.5 Å². The summed E-state index contributed by atoms with van der Waals surface area (Å²) in [4.78, 5) is 0.770. The number of methoxy groups -OCH3 is 2. The van der Waals surface area contributed by atoms with Crippen molar-refractivity contribution >= 4 is 22.9 Å². The van der Waals surface area contributed by atoms with E-state index >= 15 is 0 Å². The minimum Gasteiger partial charge on any atom is -0.497 e. The Hall–Kier alpha value is -1.23. The summed E-state index contributed by atoms with van der Waals surface area (Å²) in [6.07, 6.45) is -0.771. The number of rotatable bonds is 4. The molecule has 0 radical (unpaired) electrons. The zero-order valence-corrected chi connectivity index (χ0v) is 11.6. The molecule has 0 aliphatic heterocycles. The van der Waals surface area contributed by atoms with E-state index in [1.54, 1.807) is 43.9 Å². The van der Waals surface area contributed by atoms with E-state index in [1.165, 1.54) is 11.3 Å². The number of ether oxygens (including phenoxy) is 2. The quantitative estimate of drug-likeness (QED) is 0.934. The van der Waals surface area contributed by atoms with Crippen LogP contribution in [0.5, 0.6) is 11.5 Å². The van der Waals surface area contributed by atoms with Gasteiger partial charge in [-0.25, -0.2) is 0 Å². The number of hydrogen-bond donors (Lipinski definition) is 1. The lowest BCUT2D eigenvalue weighted by atomic mass is 10.1. The van der Waals surface area contributed by atoms with Gasteiger partial charge in [0.2, 0.25) is 0 Å². The molecule has 2 aromatic rings. The van der Waals surface area contributed by atoms with Crippen molar-refractivity contribution in [3.05, 3.63) is 45.1 Å². The Morgan fingerprint density at radius 1 is 1.22 bits per heavy atom. The van der Waals surface area contributed by atoms with E-state index in [-0.39, 0.29) is 0 Å². The van der Waals surface area contributed by atoms with Crippen molar-refractivity contribution in [3.63, 3.8) is 0 Å². The van der Waals surface area contributed by atoms with Gasteiger partial charge in [-0.1, -0.05) is 11.6 Å². The lowest BCUT2D eigenvalue weighted by molar-refractivity contribution is 0.218. The standard InChI is InChI=1S/C13H13ClO3S/c1-16-9-3-4-11(17-2)10(6-9)13(15)12-5-8(14)7-18-12/h3-7,13,15H,1-2H3. The predicted octanol–water partition coefficient (Wildman–Crippen LogP) is 3.50. The highest BCUT2D eigenvalue weighted by Crippen LogP contribution is 2.36. The molecule has 1 N–H and O–H groups in total. The van der Waals surface area contributed by atoms with E-state index in [9.17, 15) is 5.11 Å². The molecule has 1 aromatic heterocycles. The first-order valence-corrected chi connectivity index (χ1v) is 6.55. The van der Waals surface area contributed by atoms with E-state index < -0.39 is 6.10 Å². The highest BCUT2D eigenvalue weighted by Gasteiger charge is 2.18. The van der Waals surface area contributed by atoms with Gasteiger partial charge in [-0.15, -0.1) is 11.3 Å². The molecule has 0 aliphatic rings. The number of thiophene rings is 1. The Balaban J connectivity index is 2.41. The summed E-state index contributed by atoms with van der Waals surface area (Å²) in [7, 11) is 3.15. The Bertz CT molecular complexity index is 539. The van der Waals surface area contributed by atoms with Crippen molar-refractivity contribution in [3.8, 4) is 11.5 Å². The first-order chi connectivity index (χ1) is 8.65. The predicted molar refractivity (Wildman–Crippen MR) is 72.9 cm³/mol. The smallest absolute Gasteiger partial charge is 0.125 e. The fourth-order valence-electron chi connectivity index (χ4n) is 1.68. The molecule has 2 rings (SSSR count). The molecule has 1 aromatic carbocycles. The van der Waals surface area contributed by atoms with Gasteiger partial charge in [-0.3, -0.25) is 0 Å². The summed E-state index contributed by atoms with van der Waals surface area (Å²) < 4.78 is 10.4. The summed E-state index contributed by atoms with van der Waals surface area (Å²) in [5.74, 6) is 1.29. The molecule has 0 bridgehead atoms. The lowest BCUT2D eigenvalue weighted by Gasteiger charge is -2.14. The maximum absolute atomic E-state index is 10.4. The molecular formula is C13H13ClO3S. The van der Waals surface area contributed by atoms with Crippen molar-refractivity contribution in [2.45, 2.75) is 6.10 Å². The zero-order chi connectivity index (χ0) is 13.1. The fraction of sp³-hybridized carbons (Fsp3) is 0.231. The SMILES string of the molecule is COc1ccc(OC)c(C(O)c2cc(Cl)cs2)c1. The van der Waals surface area contributed by atoms with Crippen LogP contribution in [0.3, 0.4) is 0 Å². The van der Waals surface area contributed by atoms with Crippen LogP contribution in [0.15, 0.2) is 29.6 Å². The molecule has 0 saturated heterocycles. The lowest BCUT2D eigenvalue weighted by Crippen LogP contribution is -2.01. The van der Waals surface area contributed by atoms with E-state index in [1.807, 2.05) is 0 Å². The number of hydrogen-bond acceptors (Lipinski definition) is 4. The third-order valence-electron chi connectivity index (χ3n) is 2.59. The van der Waals surface area contributed by atoms with Crippen LogP contribution in [0.2, 0.25) is 5.02 Å². The summed E-state index contributed by atoms with van der Waals surface area (Å²) in [6, 6.07) is 7.07. The average molecular weight is 285 g/mol. The fourth-order valence-corrected chi connectivity index (χ4v) is 2.76. The Kier molecular flexibility index (Phi) is 4.11. The molecule has 1 unspecified atom stereocenters. The van der Waals surface area contributed by atoms with Gasteiger partial charge in [0.15, 0.2) is 0 Å². The molecule has 0 spiro atoms. The summed E-state index contributed by atoms with van der Waals surface area (Å²) in [5, 5.41) is 12.8. The van der Waals surface area contributed by atoms with Crippen LogP contribution in [0.4, 0.5) is 0 Å². The first kappa shape index (κ1) is 13.2. The molecular weight excluding hydrogens is 272 g/mol. The molecule has 96 valence electrons. The van der Waals surface area contributed by atoms with Gasteiger partial charge >= 0.3 is 0 Å². The first-order valence-electron chi connectivity index (χ1n) is 5.29. The average Bonchev–Trinajstić information content (AvgIpc) is 2.83. The van der Waals surface area contributed by atoms with Crippen LogP contribution in [-0.2, 0) is 0 Å². The summed E-state index contributed by atoms with van der Waals surface area (Å²) in [6.45, 7) is 0.